The summed E-state index contributed by atoms with van der Waals surface area (Å²) in [5.41, 5.74) is 6.04. The summed E-state index contributed by atoms with van der Waals surface area (Å²) in [7, 11) is 0. The molecule has 0 radical (unpaired) electrons. The Morgan fingerprint density at radius 3 is 2.12 bits per heavy atom. The molecule has 5 rings (SSSR count). The largest absolute Gasteiger partial charge is 0.301 e. The van der Waals surface area contributed by atoms with Gasteiger partial charge in [-0.25, -0.2) is 9.97 Å². The van der Waals surface area contributed by atoms with E-state index in [1.165, 1.54) is 16.9 Å². The Balaban J connectivity index is 1.75. The van der Waals surface area contributed by atoms with Gasteiger partial charge in [0.15, 0.2) is 11.6 Å². The van der Waals surface area contributed by atoms with Crippen molar-refractivity contribution in [3.05, 3.63) is 71.5 Å². The predicted octanol–water partition coefficient (Wildman–Crippen LogP) is 4.77. The number of aryl methyl sites for hydroxylation is 2. The maximum atomic E-state index is 5.08. The van der Waals surface area contributed by atoms with Crippen molar-refractivity contribution < 1.29 is 0 Å². The average Bonchev–Trinajstić information content (AvgIpc) is 3.21. The van der Waals surface area contributed by atoms with Crippen LogP contribution < -0.4 is 9.80 Å². The highest BCUT2D eigenvalue weighted by Crippen LogP contribution is 2.51. The first-order valence-electron chi connectivity index (χ1n) is 9.43. The Morgan fingerprint density at radius 1 is 0.808 bits per heavy atom. The number of fused-ring (bicyclic) bond motifs is 5. The van der Waals surface area contributed by atoms with Gasteiger partial charge < -0.3 is 9.80 Å². The maximum Gasteiger partial charge on any atom is 0.178 e. The summed E-state index contributed by atoms with van der Waals surface area (Å²) in [6.45, 7) is 4.32. The molecule has 130 valence electrons. The molecule has 0 N–H and O–H groups in total. The van der Waals surface area contributed by atoms with E-state index in [1.807, 2.05) is 0 Å². The Bertz CT molecular complexity index is 944. The summed E-state index contributed by atoms with van der Waals surface area (Å²) in [5, 5.41) is 0. The molecule has 2 aliphatic rings. The lowest BCUT2D eigenvalue weighted by molar-refractivity contribution is 0.723. The average molecular weight is 342 g/mol. The number of benzene rings is 2. The van der Waals surface area contributed by atoms with Crippen LogP contribution in [0.5, 0.6) is 0 Å². The van der Waals surface area contributed by atoms with Crippen molar-refractivity contribution in [2.24, 2.45) is 0 Å². The lowest BCUT2D eigenvalue weighted by atomic mass is 10.1. The quantitative estimate of drug-likeness (QED) is 0.686. The van der Waals surface area contributed by atoms with Crippen molar-refractivity contribution in [2.75, 3.05) is 9.80 Å². The molecule has 0 amide bonds. The van der Waals surface area contributed by atoms with Gasteiger partial charge in [0, 0.05) is 17.8 Å². The predicted molar refractivity (Wildman–Crippen MR) is 105 cm³/mol. The molecule has 0 fully saturated rings. The Morgan fingerprint density at radius 2 is 1.42 bits per heavy atom. The topological polar surface area (TPSA) is 32.3 Å². The molecule has 26 heavy (non-hydrogen) atoms. The zero-order valence-electron chi connectivity index (χ0n) is 15.2. The van der Waals surface area contributed by atoms with E-state index in [0.717, 1.165) is 42.3 Å². The highest BCUT2D eigenvalue weighted by atomic mass is 15.5. The van der Waals surface area contributed by atoms with Crippen molar-refractivity contribution in [1.82, 2.24) is 9.97 Å². The first kappa shape index (κ1) is 15.4. The molecule has 0 aliphatic carbocycles. The van der Waals surface area contributed by atoms with Crippen molar-refractivity contribution in [1.29, 1.82) is 0 Å². The van der Waals surface area contributed by atoms with E-state index < -0.39 is 0 Å². The number of rotatable bonds is 3. The minimum absolute atomic E-state index is 0.210. The zero-order chi connectivity index (χ0) is 17.7. The second-order valence-corrected chi connectivity index (χ2v) is 6.86. The van der Waals surface area contributed by atoms with Crippen LogP contribution in [0.4, 0.5) is 23.0 Å². The fraction of sp³-hybridized carbons (Fsp3) is 0.273. The molecule has 2 aliphatic heterocycles. The fourth-order valence-electron chi connectivity index (χ4n) is 4.23. The fourth-order valence-corrected chi connectivity index (χ4v) is 4.23. The van der Waals surface area contributed by atoms with E-state index in [1.54, 1.807) is 0 Å². The van der Waals surface area contributed by atoms with Gasteiger partial charge in [-0.2, -0.15) is 0 Å². The second kappa shape index (κ2) is 5.84. The first-order valence-corrected chi connectivity index (χ1v) is 9.43. The first-order chi connectivity index (χ1) is 12.8. The normalized spacial score (nSPS) is 17.2. The molecule has 0 spiro atoms. The van der Waals surface area contributed by atoms with Crippen LogP contribution in [-0.4, -0.2) is 16.1 Å². The van der Waals surface area contributed by atoms with E-state index in [0.29, 0.717) is 0 Å². The van der Waals surface area contributed by atoms with Crippen LogP contribution in [0.1, 0.15) is 30.8 Å². The third kappa shape index (κ3) is 2.08. The summed E-state index contributed by atoms with van der Waals surface area (Å²) >= 11 is 0. The van der Waals surface area contributed by atoms with Crippen LogP contribution in [0.3, 0.4) is 0 Å². The van der Waals surface area contributed by atoms with Gasteiger partial charge in [0.2, 0.25) is 0 Å². The number of hydrogen-bond donors (Lipinski definition) is 0. The van der Waals surface area contributed by atoms with Crippen molar-refractivity contribution in [3.8, 4) is 0 Å². The molecule has 0 saturated carbocycles. The number of nitrogens with zero attached hydrogens (tertiary/aromatic N) is 4. The molecule has 4 heteroatoms. The minimum Gasteiger partial charge on any atom is -0.301 e. The molecule has 1 atom stereocenters. The molecular formula is C22H22N4. The van der Waals surface area contributed by atoms with Crippen LogP contribution >= 0.6 is 0 Å². The van der Waals surface area contributed by atoms with E-state index >= 15 is 0 Å². The number of aromatic nitrogens is 2. The molecule has 1 aromatic heterocycles. The van der Waals surface area contributed by atoms with Gasteiger partial charge >= 0.3 is 0 Å². The van der Waals surface area contributed by atoms with E-state index in [4.69, 9.17) is 9.97 Å². The monoisotopic (exact) mass is 342 g/mol. The van der Waals surface area contributed by atoms with E-state index in [2.05, 4.69) is 78.2 Å². The summed E-state index contributed by atoms with van der Waals surface area (Å²) in [6.07, 6.45) is 3.01. The summed E-state index contributed by atoms with van der Waals surface area (Å²) in [5.74, 6) is 1.99. The van der Waals surface area contributed by atoms with Crippen LogP contribution in [0.2, 0.25) is 0 Å². The zero-order valence-corrected chi connectivity index (χ0v) is 15.2. The number of hydrogen-bond acceptors (Lipinski definition) is 4. The molecule has 0 bridgehead atoms. The Labute approximate surface area is 154 Å². The summed E-state index contributed by atoms with van der Waals surface area (Å²) < 4.78 is 0. The van der Waals surface area contributed by atoms with Gasteiger partial charge in [0.1, 0.15) is 6.17 Å². The van der Waals surface area contributed by atoms with Crippen LogP contribution in [0, 0.1) is 0 Å². The van der Waals surface area contributed by atoms with E-state index in [-0.39, 0.29) is 6.17 Å². The Hall–Kier alpha value is -2.88. The lowest BCUT2D eigenvalue weighted by Crippen LogP contribution is -2.36. The van der Waals surface area contributed by atoms with Gasteiger partial charge in [-0.15, -0.1) is 0 Å². The third-order valence-electron chi connectivity index (χ3n) is 5.43. The van der Waals surface area contributed by atoms with Crippen LogP contribution in [0.25, 0.3) is 0 Å². The van der Waals surface area contributed by atoms with Gasteiger partial charge in [-0.3, -0.25) is 0 Å². The highest BCUT2D eigenvalue weighted by Gasteiger charge is 2.45. The van der Waals surface area contributed by atoms with Gasteiger partial charge in [-0.1, -0.05) is 50.2 Å². The number of anilines is 4. The molecular weight excluding hydrogens is 320 g/mol. The third-order valence-corrected chi connectivity index (χ3v) is 5.43. The Kier molecular flexibility index (Phi) is 3.45. The summed E-state index contributed by atoms with van der Waals surface area (Å²) in [4.78, 5) is 14.9. The maximum absolute atomic E-state index is 5.08. The van der Waals surface area contributed by atoms with E-state index in [9.17, 15) is 0 Å². The highest BCUT2D eigenvalue weighted by molar-refractivity contribution is 5.87. The van der Waals surface area contributed by atoms with Gasteiger partial charge in [0.25, 0.3) is 0 Å². The molecule has 3 aromatic rings. The van der Waals surface area contributed by atoms with Crippen molar-refractivity contribution in [3.63, 3.8) is 0 Å². The molecule has 0 saturated heterocycles. The lowest BCUT2D eigenvalue weighted by Gasteiger charge is -2.26. The molecule has 4 nitrogen and oxygen atoms in total. The molecule has 3 heterocycles. The summed E-state index contributed by atoms with van der Waals surface area (Å²) in [6, 6.07) is 19.2. The van der Waals surface area contributed by atoms with Crippen LogP contribution in [0.15, 0.2) is 54.6 Å². The molecule has 1 unspecified atom stereocenters. The van der Waals surface area contributed by atoms with Gasteiger partial charge in [-0.05, 0) is 36.6 Å². The van der Waals surface area contributed by atoms with Crippen molar-refractivity contribution >= 4 is 23.0 Å². The molecule has 2 aromatic carbocycles. The number of para-hydroxylation sites is 2. The van der Waals surface area contributed by atoms with Gasteiger partial charge in [0.05, 0.1) is 11.4 Å². The second-order valence-electron chi connectivity index (χ2n) is 6.86. The standard InChI is InChI=1S/C22H22N4/c1-3-17-18(4-2)24-22-21(23-17)25(16-11-6-5-7-12-16)20-14-15-10-8-9-13-19(15)26(20)22/h5-13,20H,3-4,14H2,1-2H3. The smallest absolute Gasteiger partial charge is 0.178 e. The van der Waals surface area contributed by atoms with Crippen LogP contribution in [-0.2, 0) is 19.3 Å². The SMILES string of the molecule is CCc1nc2c(nc1CC)N1c3ccccc3CC1N2c1ccccc1. The van der Waals surface area contributed by atoms with Crippen molar-refractivity contribution in [2.45, 2.75) is 39.3 Å². The minimum atomic E-state index is 0.210.